The number of carbonyl (C=O) groups excluding carboxylic acids is 2. The number of nitrogens with zero attached hydrogens (tertiary/aromatic N) is 7. The number of aromatic nitrogens is 5. The van der Waals surface area contributed by atoms with Crippen LogP contribution in [-0.2, 0) is 22.6 Å². The van der Waals surface area contributed by atoms with Crippen molar-refractivity contribution in [2.45, 2.75) is 19.4 Å². The SMILES string of the molecule is O=C(CCc1ncc(-c2ccc(F)cc2)o1)N1CCN(C(=O)Cn2cnnn2)CC1. The molecule has 1 fully saturated rings. The fraction of sp³-hybridized carbons (Fsp3) is 0.368. The standard InChI is InChI=1S/C19H20FN7O3/c20-15-3-1-14(2-4-15)16-11-21-17(30-16)5-6-18(28)25-7-9-26(10-8-25)19(29)12-27-13-22-23-24-27/h1-4,11,13H,5-10,12H2. The molecule has 2 amide bonds. The highest BCUT2D eigenvalue weighted by atomic mass is 19.1. The first kappa shape index (κ1) is 19.7. The van der Waals surface area contributed by atoms with Crippen molar-refractivity contribution in [3.05, 3.63) is 48.5 Å². The number of hydrogen-bond donors (Lipinski definition) is 0. The average molecular weight is 413 g/mol. The Labute approximate surface area is 171 Å². The topological polar surface area (TPSA) is 110 Å². The molecule has 1 aliphatic rings. The minimum Gasteiger partial charge on any atom is -0.441 e. The van der Waals surface area contributed by atoms with Crippen LogP contribution >= 0.6 is 0 Å². The van der Waals surface area contributed by atoms with Gasteiger partial charge in [0.2, 0.25) is 11.8 Å². The van der Waals surface area contributed by atoms with Crippen LogP contribution in [0.5, 0.6) is 0 Å². The molecule has 3 heterocycles. The van der Waals surface area contributed by atoms with Gasteiger partial charge in [0, 0.05) is 44.6 Å². The monoisotopic (exact) mass is 413 g/mol. The minimum atomic E-state index is -0.318. The van der Waals surface area contributed by atoms with Crippen LogP contribution in [0.4, 0.5) is 4.39 Å². The summed E-state index contributed by atoms with van der Waals surface area (Å²) in [4.78, 5) is 32.4. The zero-order valence-electron chi connectivity index (χ0n) is 16.1. The van der Waals surface area contributed by atoms with Crippen LogP contribution in [0.15, 0.2) is 41.2 Å². The van der Waals surface area contributed by atoms with Crippen molar-refractivity contribution in [2.75, 3.05) is 26.2 Å². The first-order chi connectivity index (χ1) is 14.6. The van der Waals surface area contributed by atoms with Crippen LogP contribution in [0.25, 0.3) is 11.3 Å². The van der Waals surface area contributed by atoms with E-state index in [9.17, 15) is 14.0 Å². The summed E-state index contributed by atoms with van der Waals surface area (Å²) in [6.45, 7) is 1.99. The average Bonchev–Trinajstić information content (AvgIpc) is 3.45. The molecule has 0 atom stereocenters. The van der Waals surface area contributed by atoms with Crippen molar-refractivity contribution in [2.24, 2.45) is 0 Å². The molecule has 0 radical (unpaired) electrons. The number of rotatable bonds is 6. The summed E-state index contributed by atoms with van der Waals surface area (Å²) in [7, 11) is 0. The summed E-state index contributed by atoms with van der Waals surface area (Å²) in [6, 6.07) is 5.94. The number of tetrazole rings is 1. The molecule has 0 saturated carbocycles. The van der Waals surface area contributed by atoms with Crippen LogP contribution < -0.4 is 0 Å². The molecule has 1 aromatic carbocycles. The number of oxazole rings is 1. The Kier molecular flexibility index (Phi) is 5.77. The van der Waals surface area contributed by atoms with Gasteiger partial charge in [-0.2, -0.15) is 0 Å². The predicted molar refractivity (Wildman–Crippen MR) is 101 cm³/mol. The summed E-state index contributed by atoms with van der Waals surface area (Å²) < 4.78 is 20.1. The number of halogens is 1. The minimum absolute atomic E-state index is 0.0101. The Hall–Kier alpha value is -3.63. The Balaban J connectivity index is 1.23. The van der Waals surface area contributed by atoms with Gasteiger partial charge in [-0.25, -0.2) is 14.1 Å². The third-order valence-corrected chi connectivity index (χ3v) is 4.91. The van der Waals surface area contributed by atoms with Gasteiger partial charge in [-0.15, -0.1) is 5.10 Å². The van der Waals surface area contributed by atoms with Crippen molar-refractivity contribution in [1.29, 1.82) is 0 Å². The molecule has 156 valence electrons. The highest BCUT2D eigenvalue weighted by molar-refractivity contribution is 5.78. The van der Waals surface area contributed by atoms with Gasteiger partial charge in [-0.3, -0.25) is 9.59 Å². The fourth-order valence-corrected chi connectivity index (χ4v) is 3.24. The smallest absolute Gasteiger partial charge is 0.244 e. The van der Waals surface area contributed by atoms with E-state index in [4.69, 9.17) is 4.42 Å². The van der Waals surface area contributed by atoms with Gasteiger partial charge in [0.15, 0.2) is 11.7 Å². The molecule has 3 aromatic rings. The number of benzene rings is 1. The molecular weight excluding hydrogens is 393 g/mol. The molecule has 0 unspecified atom stereocenters. The van der Waals surface area contributed by atoms with Crippen LogP contribution in [-0.4, -0.2) is 73.0 Å². The number of piperazine rings is 1. The lowest BCUT2D eigenvalue weighted by Crippen LogP contribution is -2.51. The molecule has 10 nitrogen and oxygen atoms in total. The lowest BCUT2D eigenvalue weighted by atomic mass is 10.2. The van der Waals surface area contributed by atoms with Crippen molar-refractivity contribution < 1.29 is 18.4 Å². The molecule has 4 rings (SSSR count). The Morgan fingerprint density at radius 1 is 1.03 bits per heavy atom. The van der Waals surface area contributed by atoms with E-state index in [1.165, 1.54) is 23.1 Å². The molecular formula is C19H20FN7O3. The molecule has 1 saturated heterocycles. The van der Waals surface area contributed by atoms with E-state index >= 15 is 0 Å². The molecule has 0 aliphatic carbocycles. The maximum atomic E-state index is 13.0. The van der Waals surface area contributed by atoms with E-state index in [0.29, 0.717) is 44.3 Å². The summed E-state index contributed by atoms with van der Waals surface area (Å²) in [6.07, 6.45) is 3.60. The number of carbonyl (C=O) groups is 2. The van der Waals surface area contributed by atoms with E-state index in [1.54, 1.807) is 28.1 Å². The molecule has 30 heavy (non-hydrogen) atoms. The van der Waals surface area contributed by atoms with E-state index < -0.39 is 0 Å². The quantitative estimate of drug-likeness (QED) is 0.587. The number of hydrogen-bond acceptors (Lipinski definition) is 7. The van der Waals surface area contributed by atoms with E-state index in [0.717, 1.165) is 5.56 Å². The highest BCUT2D eigenvalue weighted by Crippen LogP contribution is 2.21. The van der Waals surface area contributed by atoms with E-state index in [-0.39, 0.29) is 30.6 Å². The van der Waals surface area contributed by atoms with E-state index in [1.807, 2.05) is 0 Å². The summed E-state index contributed by atoms with van der Waals surface area (Å²) >= 11 is 0. The molecule has 0 N–H and O–H groups in total. The normalized spacial score (nSPS) is 14.2. The molecule has 0 spiro atoms. The predicted octanol–water partition coefficient (Wildman–Crippen LogP) is 0.771. The zero-order chi connectivity index (χ0) is 20.9. The van der Waals surface area contributed by atoms with Gasteiger partial charge in [0.25, 0.3) is 0 Å². The summed E-state index contributed by atoms with van der Waals surface area (Å²) in [5, 5.41) is 10.7. The van der Waals surface area contributed by atoms with Gasteiger partial charge in [-0.1, -0.05) is 0 Å². The fourth-order valence-electron chi connectivity index (χ4n) is 3.24. The molecule has 2 aromatic heterocycles. The summed E-state index contributed by atoms with van der Waals surface area (Å²) in [5.74, 6) is 0.581. The third-order valence-electron chi connectivity index (χ3n) is 4.91. The Morgan fingerprint density at radius 2 is 1.73 bits per heavy atom. The van der Waals surface area contributed by atoms with Gasteiger partial charge < -0.3 is 14.2 Å². The lowest BCUT2D eigenvalue weighted by Gasteiger charge is -2.34. The second kappa shape index (κ2) is 8.80. The number of aryl methyl sites for hydroxylation is 1. The maximum Gasteiger partial charge on any atom is 0.244 e. The van der Waals surface area contributed by atoms with Crippen LogP contribution in [0.1, 0.15) is 12.3 Å². The van der Waals surface area contributed by atoms with Crippen LogP contribution in [0.2, 0.25) is 0 Å². The van der Waals surface area contributed by atoms with Crippen LogP contribution in [0, 0.1) is 5.82 Å². The highest BCUT2D eigenvalue weighted by Gasteiger charge is 2.24. The Bertz CT molecular complexity index is 996. The van der Waals surface area contributed by atoms with E-state index in [2.05, 4.69) is 20.5 Å². The van der Waals surface area contributed by atoms with Crippen molar-refractivity contribution in [3.8, 4) is 11.3 Å². The van der Waals surface area contributed by atoms with Gasteiger partial charge in [0.1, 0.15) is 18.7 Å². The van der Waals surface area contributed by atoms with Crippen molar-refractivity contribution in [3.63, 3.8) is 0 Å². The van der Waals surface area contributed by atoms with Crippen LogP contribution in [0.3, 0.4) is 0 Å². The van der Waals surface area contributed by atoms with Gasteiger partial charge in [-0.05, 0) is 34.7 Å². The molecule has 11 heteroatoms. The molecule has 1 aliphatic heterocycles. The zero-order valence-corrected chi connectivity index (χ0v) is 16.1. The summed E-state index contributed by atoms with van der Waals surface area (Å²) in [5.41, 5.74) is 0.726. The van der Waals surface area contributed by atoms with Gasteiger partial charge in [0.05, 0.1) is 6.20 Å². The first-order valence-corrected chi connectivity index (χ1v) is 9.55. The second-order valence-corrected chi connectivity index (χ2v) is 6.89. The lowest BCUT2D eigenvalue weighted by molar-refractivity contribution is -0.140. The maximum absolute atomic E-state index is 13.0. The largest absolute Gasteiger partial charge is 0.441 e. The van der Waals surface area contributed by atoms with Gasteiger partial charge >= 0.3 is 0 Å². The number of amides is 2. The Morgan fingerprint density at radius 3 is 2.40 bits per heavy atom. The third kappa shape index (κ3) is 4.67. The van der Waals surface area contributed by atoms with Crippen molar-refractivity contribution >= 4 is 11.8 Å². The second-order valence-electron chi connectivity index (χ2n) is 6.89. The molecule has 0 bridgehead atoms. The first-order valence-electron chi connectivity index (χ1n) is 9.55. The van der Waals surface area contributed by atoms with Crippen molar-refractivity contribution in [1.82, 2.24) is 35.0 Å².